The lowest BCUT2D eigenvalue weighted by Gasteiger charge is -2.61. The number of carbonyl (C=O) groups excluding carboxylic acids is 3. The number of rotatable bonds is 10. The molecule has 0 amide bonds. The Bertz CT molecular complexity index is 1210. The number of Topliss-reactive ketones (excluding diaryl/α,β-unsaturated/α-hetero) is 3. The van der Waals surface area contributed by atoms with Gasteiger partial charge in [-0.3, -0.25) is 14.4 Å². The van der Waals surface area contributed by atoms with E-state index in [0.29, 0.717) is 24.8 Å². The molecular weight excluding hydrogens is 516 g/mol. The minimum absolute atomic E-state index is 0.124. The van der Waals surface area contributed by atoms with E-state index in [2.05, 4.69) is 12.2 Å². The van der Waals surface area contributed by atoms with Gasteiger partial charge in [-0.25, -0.2) is 0 Å². The summed E-state index contributed by atoms with van der Waals surface area (Å²) in [7, 11) is 0. The predicted molar refractivity (Wildman–Crippen MR) is 162 cm³/mol. The smallest absolute Gasteiger partial charge is 0.179 e. The highest BCUT2D eigenvalue weighted by Gasteiger charge is 2.77. The monoisotopic (exact) mass is 568 g/mol. The van der Waals surface area contributed by atoms with Crippen molar-refractivity contribution in [1.82, 2.24) is 0 Å². The van der Waals surface area contributed by atoms with Gasteiger partial charge >= 0.3 is 0 Å². The Morgan fingerprint density at radius 1 is 1.05 bits per heavy atom. The van der Waals surface area contributed by atoms with Gasteiger partial charge in [0.15, 0.2) is 22.8 Å². The summed E-state index contributed by atoms with van der Waals surface area (Å²) in [4.78, 5) is 44.6. The van der Waals surface area contributed by atoms with Crippen molar-refractivity contribution in [2.75, 3.05) is 0 Å². The van der Waals surface area contributed by atoms with Gasteiger partial charge in [-0.15, -0.1) is 0 Å². The van der Waals surface area contributed by atoms with E-state index in [1.54, 1.807) is 47.6 Å². The van der Waals surface area contributed by atoms with Crippen LogP contribution < -0.4 is 0 Å². The van der Waals surface area contributed by atoms with Crippen LogP contribution in [0.15, 0.2) is 46.8 Å². The first-order valence-corrected chi connectivity index (χ1v) is 15.1. The minimum atomic E-state index is -1.71. The van der Waals surface area contributed by atoms with Crippen LogP contribution in [0.25, 0.3) is 0 Å². The van der Waals surface area contributed by atoms with Crippen molar-refractivity contribution in [3.63, 3.8) is 0 Å². The Kier molecular flexibility index (Phi) is 8.97. The molecule has 6 heteroatoms. The van der Waals surface area contributed by atoms with Crippen molar-refractivity contribution in [1.29, 1.82) is 0 Å². The third-order valence-electron chi connectivity index (χ3n) is 9.50. The average molecular weight is 569 g/mol. The zero-order valence-electron chi connectivity index (χ0n) is 27.1. The van der Waals surface area contributed by atoms with Crippen LogP contribution >= 0.6 is 0 Å². The van der Waals surface area contributed by atoms with E-state index in [-0.39, 0.29) is 36.1 Å². The maximum atomic E-state index is 15.2. The van der Waals surface area contributed by atoms with E-state index < -0.39 is 45.3 Å². The van der Waals surface area contributed by atoms with Crippen LogP contribution in [0.3, 0.4) is 0 Å². The van der Waals surface area contributed by atoms with Gasteiger partial charge in [0.2, 0.25) is 0 Å². The lowest BCUT2D eigenvalue weighted by atomic mass is 9.38. The van der Waals surface area contributed by atoms with Crippen LogP contribution in [-0.4, -0.2) is 44.9 Å². The summed E-state index contributed by atoms with van der Waals surface area (Å²) < 4.78 is 6.48. The Hall–Kier alpha value is -2.31. The van der Waals surface area contributed by atoms with Gasteiger partial charge in [-0.2, -0.15) is 0 Å². The maximum Gasteiger partial charge on any atom is 0.179 e. The predicted octanol–water partition coefficient (Wildman–Crippen LogP) is 6.61. The standard InChI is InChI=1S/C35H52O6/c1-21(2)13-12-16-33(11)24(15-14-22(3)4)20-34(18-17-31(7,8)39)28(37)25-19-26(32(9,10)40)41-29(25)35(33,30(34)38)27(36)23(5)6/h13-14,17-18,23-24,26,39-40H,12,15-16,19-20H2,1-11H3/b18-17+/t24-,26-,33+,34+,35-/m0/s1. The zero-order valence-corrected chi connectivity index (χ0v) is 27.1. The summed E-state index contributed by atoms with van der Waals surface area (Å²) in [6, 6.07) is 0. The van der Waals surface area contributed by atoms with Crippen LogP contribution in [0.2, 0.25) is 0 Å². The number of allylic oxidation sites excluding steroid dienone is 6. The molecule has 2 bridgehead atoms. The molecule has 1 aliphatic heterocycles. The fraction of sp³-hybridized carbons (Fsp3) is 0.686. The topological polar surface area (TPSA) is 101 Å². The number of carbonyl (C=O) groups is 3. The highest BCUT2D eigenvalue weighted by atomic mass is 16.5. The van der Waals surface area contributed by atoms with Gasteiger partial charge in [-0.1, -0.05) is 56.2 Å². The molecule has 1 fully saturated rings. The van der Waals surface area contributed by atoms with Crippen molar-refractivity contribution in [2.24, 2.45) is 28.1 Å². The van der Waals surface area contributed by atoms with Gasteiger partial charge in [0.1, 0.15) is 17.3 Å². The summed E-state index contributed by atoms with van der Waals surface area (Å²) in [5.74, 6) is -1.62. The van der Waals surface area contributed by atoms with E-state index in [0.717, 1.165) is 11.1 Å². The molecule has 228 valence electrons. The third-order valence-corrected chi connectivity index (χ3v) is 9.50. The van der Waals surface area contributed by atoms with Crippen LogP contribution in [0.1, 0.15) is 108 Å². The first kappa shape index (κ1) is 33.2. The number of ether oxygens (including phenoxy) is 1. The molecule has 0 aromatic heterocycles. The molecule has 1 heterocycles. The third kappa shape index (κ3) is 5.59. The Morgan fingerprint density at radius 2 is 1.63 bits per heavy atom. The number of fused-ring (bicyclic) bond motifs is 3. The van der Waals surface area contributed by atoms with Gasteiger partial charge in [0.05, 0.1) is 11.2 Å². The van der Waals surface area contributed by atoms with Crippen molar-refractivity contribution >= 4 is 17.3 Å². The molecule has 0 aromatic rings. The maximum absolute atomic E-state index is 15.2. The summed E-state index contributed by atoms with van der Waals surface area (Å²) in [6.45, 7) is 20.2. The molecule has 6 nitrogen and oxygen atoms in total. The molecule has 5 atom stereocenters. The lowest BCUT2D eigenvalue weighted by Crippen LogP contribution is -2.69. The van der Waals surface area contributed by atoms with Crippen LogP contribution in [-0.2, 0) is 19.1 Å². The quantitative estimate of drug-likeness (QED) is 0.227. The van der Waals surface area contributed by atoms with Gasteiger partial charge in [0, 0.05) is 17.9 Å². The van der Waals surface area contributed by atoms with Crippen LogP contribution in [0.5, 0.6) is 0 Å². The molecule has 1 saturated carbocycles. The number of aliphatic hydroxyl groups is 2. The van der Waals surface area contributed by atoms with E-state index in [4.69, 9.17) is 4.74 Å². The molecule has 3 aliphatic rings. The largest absolute Gasteiger partial charge is 0.489 e. The fourth-order valence-corrected chi connectivity index (χ4v) is 7.15. The highest BCUT2D eigenvalue weighted by molar-refractivity contribution is 6.28. The van der Waals surface area contributed by atoms with Crippen molar-refractivity contribution in [3.05, 3.63) is 46.8 Å². The summed E-state index contributed by atoms with van der Waals surface area (Å²) in [5.41, 5.74) is -4.15. The fourth-order valence-electron chi connectivity index (χ4n) is 7.15. The number of hydrogen-bond acceptors (Lipinski definition) is 6. The van der Waals surface area contributed by atoms with E-state index in [1.165, 1.54) is 6.08 Å². The minimum Gasteiger partial charge on any atom is -0.489 e. The summed E-state index contributed by atoms with van der Waals surface area (Å²) in [5, 5.41) is 21.7. The molecule has 0 radical (unpaired) electrons. The summed E-state index contributed by atoms with van der Waals surface area (Å²) in [6.07, 6.45) is 8.77. The lowest BCUT2D eigenvalue weighted by molar-refractivity contribution is -0.177. The molecule has 2 N–H and O–H groups in total. The first-order chi connectivity index (χ1) is 18.6. The van der Waals surface area contributed by atoms with Crippen molar-refractivity contribution in [2.45, 2.75) is 126 Å². The highest BCUT2D eigenvalue weighted by Crippen LogP contribution is 2.69. The molecule has 41 heavy (non-hydrogen) atoms. The molecule has 0 aromatic carbocycles. The Labute approximate surface area is 247 Å². The van der Waals surface area contributed by atoms with Gasteiger partial charge in [-0.05, 0) is 92.4 Å². The van der Waals surface area contributed by atoms with Gasteiger partial charge < -0.3 is 14.9 Å². The molecule has 0 spiro atoms. The second-order valence-corrected chi connectivity index (χ2v) is 14.8. The SMILES string of the molecule is CC(C)=CCC[C@]1(C)[C@@H](CC=C(C)C)C[C@]2(/C=C/C(C)(C)O)C(=O)C3=C(O[C@H](C(C)(C)O)C3)[C@@]1(C(=O)C(C)C)C2=O. The number of ketones is 3. The normalized spacial score (nSPS) is 31.9. The van der Waals surface area contributed by atoms with Crippen molar-refractivity contribution in [3.8, 4) is 0 Å². The number of hydrogen-bond donors (Lipinski definition) is 2. The summed E-state index contributed by atoms with van der Waals surface area (Å²) >= 11 is 0. The van der Waals surface area contributed by atoms with Crippen LogP contribution in [0.4, 0.5) is 0 Å². The van der Waals surface area contributed by atoms with E-state index >= 15 is 4.79 Å². The molecule has 0 saturated heterocycles. The average Bonchev–Trinajstić information content (AvgIpc) is 3.28. The van der Waals surface area contributed by atoms with E-state index in [1.807, 2.05) is 34.6 Å². The molecule has 2 aliphatic carbocycles. The van der Waals surface area contributed by atoms with Crippen LogP contribution in [0, 0.1) is 28.1 Å². The molecule has 3 rings (SSSR count). The second-order valence-electron chi connectivity index (χ2n) is 14.8. The van der Waals surface area contributed by atoms with Crippen molar-refractivity contribution < 1.29 is 29.3 Å². The molecule has 0 unspecified atom stereocenters. The zero-order chi connectivity index (χ0) is 31.3. The second kappa shape index (κ2) is 11.1. The Balaban J connectivity index is 2.49. The Morgan fingerprint density at radius 3 is 2.12 bits per heavy atom. The first-order valence-electron chi connectivity index (χ1n) is 15.1. The molecular formula is C35H52O6. The van der Waals surface area contributed by atoms with Gasteiger partial charge in [0.25, 0.3) is 0 Å². The van der Waals surface area contributed by atoms with E-state index in [9.17, 15) is 19.8 Å².